The number of nitrogens with zero attached hydrogens (tertiary/aromatic N) is 4. The number of aromatic nitrogens is 4. The molecular formula is C13H17N5OS. The number of allylic oxidation sites excluding steroid dienone is 1. The van der Waals surface area contributed by atoms with Crippen molar-refractivity contribution >= 4 is 11.8 Å². The highest BCUT2D eigenvalue weighted by molar-refractivity contribution is 7.98. The Morgan fingerprint density at radius 1 is 1.50 bits per heavy atom. The zero-order chi connectivity index (χ0) is 14.4. The minimum absolute atomic E-state index is 0.360. The third kappa shape index (κ3) is 3.37. The fourth-order valence-corrected chi connectivity index (χ4v) is 2.56. The van der Waals surface area contributed by atoms with Crippen LogP contribution in [0.25, 0.3) is 0 Å². The number of hydrogen-bond acceptors (Lipinski definition) is 6. The van der Waals surface area contributed by atoms with Gasteiger partial charge in [0, 0.05) is 24.6 Å². The Morgan fingerprint density at radius 3 is 3.05 bits per heavy atom. The Bertz CT molecular complexity index is 584. The zero-order valence-corrected chi connectivity index (χ0v) is 12.1. The van der Waals surface area contributed by atoms with E-state index >= 15 is 0 Å². The Kier molecular flexibility index (Phi) is 5.14. The zero-order valence-electron chi connectivity index (χ0n) is 11.3. The molecular weight excluding hydrogens is 274 g/mol. The first kappa shape index (κ1) is 14.5. The van der Waals surface area contributed by atoms with Gasteiger partial charge in [0.05, 0.1) is 19.3 Å². The summed E-state index contributed by atoms with van der Waals surface area (Å²) in [4.78, 5) is 4.30. The first-order chi connectivity index (χ1) is 9.78. The predicted molar refractivity (Wildman–Crippen MR) is 78.5 cm³/mol. The second kappa shape index (κ2) is 7.06. The number of pyridine rings is 1. The summed E-state index contributed by atoms with van der Waals surface area (Å²) in [5.41, 5.74) is 6.57. The molecule has 0 amide bonds. The lowest BCUT2D eigenvalue weighted by atomic mass is 10.3. The van der Waals surface area contributed by atoms with E-state index in [4.69, 9.17) is 10.5 Å². The fourth-order valence-electron chi connectivity index (χ4n) is 1.69. The van der Waals surface area contributed by atoms with Crippen LogP contribution in [0, 0.1) is 0 Å². The molecule has 2 N–H and O–H groups in total. The summed E-state index contributed by atoms with van der Waals surface area (Å²) in [7, 11) is 1.64. The van der Waals surface area contributed by atoms with Crippen LogP contribution in [0.4, 0.5) is 0 Å². The fraction of sp³-hybridized carbons (Fsp3) is 0.308. The molecule has 0 radical (unpaired) electrons. The number of rotatable bonds is 7. The number of ether oxygens (including phenoxy) is 1. The summed E-state index contributed by atoms with van der Waals surface area (Å²) >= 11 is 1.56. The smallest absolute Gasteiger partial charge is 0.191 e. The van der Waals surface area contributed by atoms with Gasteiger partial charge in [-0.05, 0) is 6.07 Å². The van der Waals surface area contributed by atoms with E-state index in [1.807, 2.05) is 16.7 Å². The van der Waals surface area contributed by atoms with Crippen molar-refractivity contribution in [2.45, 2.75) is 24.0 Å². The number of nitrogens with two attached hydrogens (primary N) is 1. The summed E-state index contributed by atoms with van der Waals surface area (Å²) in [6, 6.07) is 3.73. The lowest BCUT2D eigenvalue weighted by molar-refractivity contribution is 0.413. The second-order valence-corrected chi connectivity index (χ2v) is 4.92. The molecule has 2 rings (SSSR count). The Labute approximate surface area is 122 Å². The van der Waals surface area contributed by atoms with Crippen LogP contribution in [-0.2, 0) is 18.8 Å². The van der Waals surface area contributed by atoms with Gasteiger partial charge < -0.3 is 15.0 Å². The minimum Gasteiger partial charge on any atom is -0.497 e. The second-order valence-electron chi connectivity index (χ2n) is 3.98. The molecule has 2 heterocycles. The van der Waals surface area contributed by atoms with Crippen LogP contribution >= 0.6 is 11.8 Å². The van der Waals surface area contributed by atoms with Gasteiger partial charge in [0.25, 0.3) is 0 Å². The van der Waals surface area contributed by atoms with Gasteiger partial charge in [0.15, 0.2) is 5.16 Å². The summed E-state index contributed by atoms with van der Waals surface area (Å²) in [5.74, 6) is 2.24. The average Bonchev–Trinajstić information content (AvgIpc) is 2.88. The van der Waals surface area contributed by atoms with Crippen molar-refractivity contribution in [2.24, 2.45) is 5.73 Å². The largest absolute Gasteiger partial charge is 0.497 e. The maximum absolute atomic E-state index is 5.64. The molecule has 0 aliphatic rings. The molecule has 0 unspecified atom stereocenters. The molecule has 7 heteroatoms. The highest BCUT2D eigenvalue weighted by Crippen LogP contribution is 2.22. The van der Waals surface area contributed by atoms with Gasteiger partial charge in [0.2, 0.25) is 0 Å². The molecule has 0 fully saturated rings. The van der Waals surface area contributed by atoms with Crippen molar-refractivity contribution in [1.29, 1.82) is 0 Å². The van der Waals surface area contributed by atoms with Crippen molar-refractivity contribution < 1.29 is 4.74 Å². The van der Waals surface area contributed by atoms with E-state index in [9.17, 15) is 0 Å². The molecule has 0 aliphatic heterocycles. The highest BCUT2D eigenvalue weighted by Gasteiger charge is 2.10. The quantitative estimate of drug-likeness (QED) is 0.617. The van der Waals surface area contributed by atoms with Gasteiger partial charge in [0.1, 0.15) is 11.6 Å². The molecule has 0 bridgehead atoms. The maximum Gasteiger partial charge on any atom is 0.191 e. The molecule has 0 saturated heterocycles. The third-order valence-electron chi connectivity index (χ3n) is 2.66. The standard InChI is InChI=1S/C13H17N5OS/c1-3-6-18-12(8-14)16-17-13(18)20-9-10-7-11(19-2)4-5-15-10/h3-5,7H,1,6,8-9,14H2,2H3. The summed E-state index contributed by atoms with van der Waals surface area (Å²) in [5, 5.41) is 9.04. The van der Waals surface area contributed by atoms with Crippen molar-refractivity contribution in [1.82, 2.24) is 19.7 Å². The van der Waals surface area contributed by atoms with Crippen LogP contribution in [0.2, 0.25) is 0 Å². The molecule has 0 saturated carbocycles. The average molecular weight is 291 g/mol. The van der Waals surface area contributed by atoms with Crippen LogP contribution in [0.5, 0.6) is 5.75 Å². The van der Waals surface area contributed by atoms with Gasteiger partial charge in [-0.15, -0.1) is 16.8 Å². The van der Waals surface area contributed by atoms with Crippen molar-refractivity contribution in [3.05, 3.63) is 42.5 Å². The SMILES string of the molecule is C=CCn1c(CN)nnc1SCc1cc(OC)ccn1. The van der Waals surface area contributed by atoms with Crippen LogP contribution in [0.1, 0.15) is 11.5 Å². The Hall–Kier alpha value is -1.86. The number of thioether (sulfide) groups is 1. The lowest BCUT2D eigenvalue weighted by Gasteiger charge is -2.06. The van der Waals surface area contributed by atoms with Gasteiger partial charge in [-0.1, -0.05) is 17.8 Å². The van der Waals surface area contributed by atoms with Gasteiger partial charge >= 0.3 is 0 Å². The van der Waals surface area contributed by atoms with Crippen LogP contribution < -0.4 is 10.5 Å². The maximum atomic E-state index is 5.64. The molecule has 0 aliphatic carbocycles. The molecule has 0 spiro atoms. The van der Waals surface area contributed by atoms with Crippen LogP contribution in [-0.4, -0.2) is 26.9 Å². The van der Waals surface area contributed by atoms with Crippen molar-refractivity contribution in [3.63, 3.8) is 0 Å². The van der Waals surface area contributed by atoms with Gasteiger partial charge in [-0.25, -0.2) is 0 Å². The van der Waals surface area contributed by atoms with E-state index in [-0.39, 0.29) is 0 Å². The topological polar surface area (TPSA) is 78.9 Å². The van der Waals surface area contributed by atoms with Crippen LogP contribution in [0.15, 0.2) is 36.1 Å². The van der Waals surface area contributed by atoms with Crippen LogP contribution in [0.3, 0.4) is 0 Å². The van der Waals surface area contributed by atoms with E-state index in [0.29, 0.717) is 18.8 Å². The summed E-state index contributed by atoms with van der Waals surface area (Å²) < 4.78 is 7.13. The normalized spacial score (nSPS) is 10.5. The first-order valence-corrected chi connectivity index (χ1v) is 7.11. The van der Waals surface area contributed by atoms with E-state index in [1.165, 1.54) is 0 Å². The van der Waals surface area contributed by atoms with Crippen molar-refractivity contribution in [2.75, 3.05) is 7.11 Å². The van der Waals surface area contributed by atoms with E-state index in [0.717, 1.165) is 22.4 Å². The molecule has 0 atom stereocenters. The molecule has 0 aromatic carbocycles. The Morgan fingerprint density at radius 2 is 2.35 bits per heavy atom. The minimum atomic E-state index is 0.360. The molecule has 106 valence electrons. The summed E-state index contributed by atoms with van der Waals surface area (Å²) in [6.45, 7) is 4.74. The monoisotopic (exact) mass is 291 g/mol. The summed E-state index contributed by atoms with van der Waals surface area (Å²) in [6.07, 6.45) is 3.53. The van der Waals surface area contributed by atoms with Crippen molar-refractivity contribution in [3.8, 4) is 5.75 Å². The van der Waals surface area contributed by atoms with E-state index in [2.05, 4.69) is 21.8 Å². The van der Waals surface area contributed by atoms with E-state index in [1.54, 1.807) is 31.1 Å². The first-order valence-electron chi connectivity index (χ1n) is 6.13. The molecule has 6 nitrogen and oxygen atoms in total. The number of hydrogen-bond donors (Lipinski definition) is 1. The van der Waals surface area contributed by atoms with E-state index < -0.39 is 0 Å². The highest BCUT2D eigenvalue weighted by atomic mass is 32.2. The van der Waals surface area contributed by atoms with Gasteiger partial charge in [-0.2, -0.15) is 0 Å². The predicted octanol–water partition coefficient (Wildman–Crippen LogP) is 1.62. The third-order valence-corrected chi connectivity index (χ3v) is 3.66. The Balaban J connectivity index is 2.10. The van der Waals surface area contributed by atoms with Gasteiger partial charge in [-0.3, -0.25) is 4.98 Å². The lowest BCUT2D eigenvalue weighted by Crippen LogP contribution is -2.08. The molecule has 2 aromatic rings. The molecule has 2 aromatic heterocycles. The molecule has 20 heavy (non-hydrogen) atoms. The number of methoxy groups -OCH3 is 1.